The molecule has 0 spiro atoms. The number of oxime groups is 1. The van der Waals surface area contributed by atoms with Crippen LogP contribution in [0.3, 0.4) is 0 Å². The third-order valence-electron chi connectivity index (χ3n) is 4.39. The summed E-state index contributed by atoms with van der Waals surface area (Å²) in [6.45, 7) is 8.36. The first-order valence-electron chi connectivity index (χ1n) is 7.56. The minimum absolute atomic E-state index is 0.00506. The Bertz CT molecular complexity index is 349. The van der Waals surface area contributed by atoms with E-state index in [1.54, 1.807) is 0 Å². The van der Waals surface area contributed by atoms with Crippen molar-refractivity contribution in [3.05, 3.63) is 0 Å². The number of nitrogens with zero attached hydrogens (tertiary/aromatic N) is 2. The fourth-order valence-electron chi connectivity index (χ4n) is 2.67. The number of hydrogen-bond acceptors (Lipinski definition) is 4. The highest BCUT2D eigenvalue weighted by Crippen LogP contribution is 2.27. The van der Waals surface area contributed by atoms with Gasteiger partial charge in [-0.25, -0.2) is 0 Å². The summed E-state index contributed by atoms with van der Waals surface area (Å²) in [6.07, 6.45) is 3.57. The summed E-state index contributed by atoms with van der Waals surface area (Å²) in [5.74, 6) is -0.154. The summed E-state index contributed by atoms with van der Waals surface area (Å²) in [7, 11) is 0. The van der Waals surface area contributed by atoms with Crippen LogP contribution in [0.25, 0.3) is 0 Å². The lowest BCUT2D eigenvalue weighted by atomic mass is 9.80. The van der Waals surface area contributed by atoms with Crippen LogP contribution in [0.4, 0.5) is 0 Å². The molecular weight excluding hydrogens is 256 g/mol. The molecule has 0 atom stereocenters. The summed E-state index contributed by atoms with van der Waals surface area (Å²) in [5, 5.41) is 14.9. The Labute approximate surface area is 121 Å². The van der Waals surface area contributed by atoms with Crippen molar-refractivity contribution in [1.82, 2.24) is 10.2 Å². The van der Waals surface area contributed by atoms with E-state index >= 15 is 0 Å². The molecular formula is C14H28N4O2. The molecule has 6 nitrogen and oxygen atoms in total. The molecule has 20 heavy (non-hydrogen) atoms. The Morgan fingerprint density at radius 3 is 2.40 bits per heavy atom. The third kappa shape index (κ3) is 3.62. The summed E-state index contributed by atoms with van der Waals surface area (Å²) in [6, 6.07) is 0.697. The number of amidine groups is 1. The fourth-order valence-corrected chi connectivity index (χ4v) is 2.67. The summed E-state index contributed by atoms with van der Waals surface area (Å²) in [4.78, 5) is 14.8. The molecule has 1 amide bonds. The standard InChI is InChI=1S/C14H28N4O2/c1-4-14(5-2,12(15)17-20)13(19)16-9-10-18(6-3)11-7-8-11/h11,20H,4-10H2,1-3H3,(H2,15,17)(H,16,19). The Morgan fingerprint density at radius 2 is 2.00 bits per heavy atom. The minimum Gasteiger partial charge on any atom is -0.409 e. The van der Waals surface area contributed by atoms with Gasteiger partial charge in [0.2, 0.25) is 5.91 Å². The van der Waals surface area contributed by atoms with Gasteiger partial charge in [-0.3, -0.25) is 9.69 Å². The average Bonchev–Trinajstić information content (AvgIpc) is 3.29. The van der Waals surface area contributed by atoms with Crippen molar-refractivity contribution in [2.75, 3.05) is 19.6 Å². The van der Waals surface area contributed by atoms with Crippen LogP contribution < -0.4 is 11.1 Å². The molecule has 0 aliphatic heterocycles. The molecule has 0 aromatic rings. The summed E-state index contributed by atoms with van der Waals surface area (Å²) >= 11 is 0. The molecule has 6 heteroatoms. The average molecular weight is 284 g/mol. The van der Waals surface area contributed by atoms with Gasteiger partial charge in [-0.2, -0.15) is 0 Å². The van der Waals surface area contributed by atoms with Gasteiger partial charge in [0.05, 0.1) is 0 Å². The van der Waals surface area contributed by atoms with Gasteiger partial charge in [-0.1, -0.05) is 25.9 Å². The maximum atomic E-state index is 12.4. The van der Waals surface area contributed by atoms with Gasteiger partial charge in [0.25, 0.3) is 0 Å². The molecule has 1 fully saturated rings. The predicted molar refractivity (Wildman–Crippen MR) is 79.7 cm³/mol. The molecule has 1 aliphatic rings. The van der Waals surface area contributed by atoms with Gasteiger partial charge < -0.3 is 16.3 Å². The van der Waals surface area contributed by atoms with Gasteiger partial charge in [-0.05, 0) is 32.2 Å². The predicted octanol–water partition coefficient (Wildman–Crippen LogP) is 1.14. The van der Waals surface area contributed by atoms with Gasteiger partial charge in [0.1, 0.15) is 5.41 Å². The Hall–Kier alpha value is -1.30. The smallest absolute Gasteiger partial charge is 0.233 e. The topological polar surface area (TPSA) is 91.0 Å². The minimum atomic E-state index is -0.897. The summed E-state index contributed by atoms with van der Waals surface area (Å²) in [5.41, 5.74) is 4.82. The zero-order valence-corrected chi connectivity index (χ0v) is 12.9. The van der Waals surface area contributed by atoms with Crippen LogP contribution in [0, 0.1) is 5.41 Å². The van der Waals surface area contributed by atoms with E-state index in [1.165, 1.54) is 12.8 Å². The third-order valence-corrected chi connectivity index (χ3v) is 4.39. The fraction of sp³-hybridized carbons (Fsp3) is 0.857. The van der Waals surface area contributed by atoms with Crippen LogP contribution in [0.5, 0.6) is 0 Å². The molecule has 0 heterocycles. The van der Waals surface area contributed by atoms with Crippen LogP contribution in [0.2, 0.25) is 0 Å². The molecule has 1 saturated carbocycles. The van der Waals surface area contributed by atoms with E-state index in [2.05, 4.69) is 22.3 Å². The molecule has 0 aromatic carbocycles. The number of likely N-dealkylation sites (N-methyl/N-ethyl adjacent to an activating group) is 1. The molecule has 0 radical (unpaired) electrons. The molecule has 4 N–H and O–H groups in total. The molecule has 1 rings (SSSR count). The van der Waals surface area contributed by atoms with Crippen LogP contribution in [-0.2, 0) is 4.79 Å². The number of carbonyl (C=O) groups is 1. The zero-order valence-electron chi connectivity index (χ0n) is 12.9. The normalized spacial score (nSPS) is 16.5. The number of hydrogen-bond donors (Lipinski definition) is 3. The second-order valence-electron chi connectivity index (χ2n) is 5.39. The number of rotatable bonds is 9. The van der Waals surface area contributed by atoms with E-state index in [0.717, 1.165) is 13.1 Å². The van der Waals surface area contributed by atoms with Gasteiger partial charge >= 0.3 is 0 Å². The number of nitrogens with one attached hydrogen (secondary N) is 1. The van der Waals surface area contributed by atoms with Crippen LogP contribution in [-0.4, -0.2) is 47.5 Å². The van der Waals surface area contributed by atoms with Crippen LogP contribution >= 0.6 is 0 Å². The van der Waals surface area contributed by atoms with Crippen molar-refractivity contribution in [1.29, 1.82) is 0 Å². The Morgan fingerprint density at radius 1 is 1.40 bits per heavy atom. The van der Waals surface area contributed by atoms with E-state index in [1.807, 2.05) is 13.8 Å². The molecule has 0 saturated heterocycles. The number of nitrogens with two attached hydrogens (primary N) is 1. The second kappa shape index (κ2) is 7.47. The maximum absolute atomic E-state index is 12.4. The monoisotopic (exact) mass is 284 g/mol. The lowest BCUT2D eigenvalue weighted by molar-refractivity contribution is -0.128. The first kappa shape index (κ1) is 16.8. The molecule has 1 aliphatic carbocycles. The highest BCUT2D eigenvalue weighted by Gasteiger charge is 2.39. The van der Waals surface area contributed by atoms with Crippen LogP contribution in [0.1, 0.15) is 46.5 Å². The van der Waals surface area contributed by atoms with Crippen molar-refractivity contribution >= 4 is 11.7 Å². The first-order valence-corrected chi connectivity index (χ1v) is 7.56. The first-order chi connectivity index (χ1) is 9.55. The van der Waals surface area contributed by atoms with E-state index in [4.69, 9.17) is 10.9 Å². The van der Waals surface area contributed by atoms with Crippen molar-refractivity contribution in [3.63, 3.8) is 0 Å². The SMILES string of the molecule is CCN(CCNC(=O)C(CC)(CC)C(N)=NO)C1CC1. The van der Waals surface area contributed by atoms with E-state index in [9.17, 15) is 4.79 Å². The number of carbonyl (C=O) groups excluding carboxylic acids is 1. The van der Waals surface area contributed by atoms with Gasteiger partial charge in [0.15, 0.2) is 5.84 Å². The zero-order chi connectivity index (χ0) is 15.2. The molecule has 0 bridgehead atoms. The van der Waals surface area contributed by atoms with Crippen molar-refractivity contribution in [2.45, 2.75) is 52.5 Å². The molecule has 116 valence electrons. The lowest BCUT2D eigenvalue weighted by Crippen LogP contribution is -2.50. The lowest BCUT2D eigenvalue weighted by Gasteiger charge is -2.29. The molecule has 0 unspecified atom stereocenters. The summed E-state index contributed by atoms with van der Waals surface area (Å²) < 4.78 is 0. The second-order valence-corrected chi connectivity index (χ2v) is 5.39. The molecule has 0 aromatic heterocycles. The van der Waals surface area contributed by atoms with E-state index in [-0.39, 0.29) is 11.7 Å². The number of amides is 1. The quantitative estimate of drug-likeness (QED) is 0.256. The Kier molecular flexibility index (Phi) is 6.26. The van der Waals surface area contributed by atoms with Gasteiger partial charge in [-0.15, -0.1) is 0 Å². The van der Waals surface area contributed by atoms with Crippen molar-refractivity contribution < 1.29 is 10.0 Å². The highest BCUT2D eigenvalue weighted by atomic mass is 16.4. The van der Waals surface area contributed by atoms with Crippen LogP contribution in [0.15, 0.2) is 5.16 Å². The maximum Gasteiger partial charge on any atom is 0.233 e. The van der Waals surface area contributed by atoms with E-state index < -0.39 is 5.41 Å². The van der Waals surface area contributed by atoms with Gasteiger partial charge in [0, 0.05) is 19.1 Å². The van der Waals surface area contributed by atoms with Crippen molar-refractivity contribution in [3.8, 4) is 0 Å². The largest absolute Gasteiger partial charge is 0.409 e. The Balaban J connectivity index is 2.54. The van der Waals surface area contributed by atoms with E-state index in [0.29, 0.717) is 25.4 Å². The van der Waals surface area contributed by atoms with Crippen molar-refractivity contribution in [2.24, 2.45) is 16.3 Å². The highest BCUT2D eigenvalue weighted by molar-refractivity contribution is 6.06.